The van der Waals surface area contributed by atoms with Gasteiger partial charge in [0.2, 0.25) is 0 Å². The highest BCUT2D eigenvalue weighted by molar-refractivity contribution is 7.12. The highest BCUT2D eigenvalue weighted by Crippen LogP contribution is 2.43. The largest absolute Gasteiger partial charge is 0.301 e. The molecular formula is C31H44FN3S. The second kappa shape index (κ2) is 13.2. The molecule has 2 heterocycles. The van der Waals surface area contributed by atoms with E-state index in [9.17, 15) is 9.65 Å². The number of rotatable bonds is 11. The predicted octanol–water partition coefficient (Wildman–Crippen LogP) is 7.64. The Morgan fingerprint density at radius 1 is 1.00 bits per heavy atom. The van der Waals surface area contributed by atoms with Gasteiger partial charge in [-0.1, -0.05) is 38.3 Å². The summed E-state index contributed by atoms with van der Waals surface area (Å²) >= 11 is 1.81. The summed E-state index contributed by atoms with van der Waals surface area (Å²) in [5, 5.41) is 9.28. The van der Waals surface area contributed by atoms with Crippen molar-refractivity contribution in [3.63, 3.8) is 0 Å². The molecule has 0 spiro atoms. The van der Waals surface area contributed by atoms with Crippen molar-refractivity contribution in [2.75, 3.05) is 39.3 Å². The van der Waals surface area contributed by atoms with Crippen LogP contribution >= 0.6 is 11.3 Å². The van der Waals surface area contributed by atoms with Crippen molar-refractivity contribution in [1.82, 2.24) is 9.80 Å². The SMILES string of the molecule is CCC(CCCN1CCN(CCCC2(c3ccc(F)cc3)CCCCC2)CC1)c1cc(C#N)c(C)s1. The van der Waals surface area contributed by atoms with Gasteiger partial charge in [-0.05, 0) is 100 Å². The van der Waals surface area contributed by atoms with Gasteiger partial charge < -0.3 is 9.80 Å². The smallest absolute Gasteiger partial charge is 0.123 e. The Balaban J connectivity index is 1.18. The Morgan fingerprint density at radius 2 is 1.64 bits per heavy atom. The van der Waals surface area contributed by atoms with Crippen LogP contribution in [0, 0.1) is 24.1 Å². The van der Waals surface area contributed by atoms with Gasteiger partial charge in [-0.15, -0.1) is 11.3 Å². The van der Waals surface area contributed by atoms with Crippen molar-refractivity contribution in [2.24, 2.45) is 0 Å². The number of hydrogen-bond acceptors (Lipinski definition) is 4. The molecule has 3 nitrogen and oxygen atoms in total. The van der Waals surface area contributed by atoms with Crippen LogP contribution in [0.25, 0.3) is 0 Å². The zero-order valence-corrected chi connectivity index (χ0v) is 23.2. The van der Waals surface area contributed by atoms with Gasteiger partial charge in [-0.25, -0.2) is 4.39 Å². The Morgan fingerprint density at radius 3 is 2.22 bits per heavy atom. The molecule has 1 atom stereocenters. The molecule has 5 heteroatoms. The topological polar surface area (TPSA) is 30.3 Å². The van der Waals surface area contributed by atoms with E-state index in [0.717, 1.165) is 16.9 Å². The Hall–Kier alpha value is -1.74. The lowest BCUT2D eigenvalue weighted by Crippen LogP contribution is -2.47. The molecule has 2 fully saturated rings. The summed E-state index contributed by atoms with van der Waals surface area (Å²) < 4.78 is 13.5. The molecule has 1 aliphatic carbocycles. The third-order valence-corrected chi connectivity index (χ3v) is 10.1. The standard InChI is InChI=1S/C31H44FN3S/c1-3-26(30-23-27(24-33)25(2)36-30)9-7-17-34-19-21-35(22-20-34)18-8-16-31(14-5-4-6-15-31)28-10-12-29(32)13-11-28/h10-13,23,26H,3-9,14-22H2,1-2H3. The van der Waals surface area contributed by atoms with Crippen LogP contribution < -0.4 is 0 Å². The first-order valence-electron chi connectivity index (χ1n) is 14.2. The first kappa shape index (κ1) is 27.3. The molecule has 0 radical (unpaired) electrons. The van der Waals surface area contributed by atoms with Gasteiger partial charge in [-0.2, -0.15) is 5.26 Å². The molecule has 4 rings (SSSR count). The van der Waals surface area contributed by atoms with E-state index in [4.69, 9.17) is 0 Å². The summed E-state index contributed by atoms with van der Waals surface area (Å²) in [5.41, 5.74) is 2.48. The van der Waals surface area contributed by atoms with Gasteiger partial charge >= 0.3 is 0 Å². The minimum absolute atomic E-state index is 0.123. The van der Waals surface area contributed by atoms with Crippen LogP contribution in [-0.4, -0.2) is 49.1 Å². The van der Waals surface area contributed by atoms with Crippen LogP contribution in [0.5, 0.6) is 0 Å². The first-order valence-corrected chi connectivity index (χ1v) is 15.1. The lowest BCUT2D eigenvalue weighted by atomic mass is 9.67. The second-order valence-corrected chi connectivity index (χ2v) is 12.4. The van der Waals surface area contributed by atoms with Crippen molar-refractivity contribution < 1.29 is 4.39 Å². The van der Waals surface area contributed by atoms with Crippen molar-refractivity contribution in [2.45, 2.75) is 89.4 Å². The van der Waals surface area contributed by atoms with Crippen molar-refractivity contribution in [3.05, 3.63) is 57.0 Å². The number of benzene rings is 1. The Kier molecular flexibility index (Phi) is 9.99. The summed E-state index contributed by atoms with van der Waals surface area (Å²) in [6.07, 6.45) is 12.5. The molecule has 1 aromatic heterocycles. The maximum atomic E-state index is 13.5. The number of aryl methyl sites for hydroxylation is 1. The average Bonchev–Trinajstić information content (AvgIpc) is 3.28. The number of nitrogens with zero attached hydrogens (tertiary/aromatic N) is 3. The van der Waals surface area contributed by atoms with Crippen LogP contribution in [0.15, 0.2) is 30.3 Å². The average molecular weight is 510 g/mol. The lowest BCUT2D eigenvalue weighted by Gasteiger charge is -2.39. The van der Waals surface area contributed by atoms with Crippen molar-refractivity contribution in [1.29, 1.82) is 5.26 Å². The minimum atomic E-state index is -0.123. The van der Waals surface area contributed by atoms with Gasteiger partial charge in [-0.3, -0.25) is 0 Å². The first-order chi connectivity index (χ1) is 17.5. The van der Waals surface area contributed by atoms with Crippen LogP contribution in [0.4, 0.5) is 4.39 Å². The molecule has 0 amide bonds. The van der Waals surface area contributed by atoms with Gasteiger partial charge in [0.1, 0.15) is 11.9 Å². The molecule has 1 saturated heterocycles. The predicted molar refractivity (Wildman–Crippen MR) is 149 cm³/mol. The molecule has 0 N–H and O–H groups in total. The molecule has 1 aliphatic heterocycles. The maximum Gasteiger partial charge on any atom is 0.123 e. The van der Waals surface area contributed by atoms with E-state index in [1.807, 2.05) is 23.5 Å². The summed E-state index contributed by atoms with van der Waals surface area (Å²) in [5.74, 6) is 0.466. The van der Waals surface area contributed by atoms with E-state index in [-0.39, 0.29) is 11.2 Å². The van der Waals surface area contributed by atoms with E-state index < -0.39 is 0 Å². The van der Waals surface area contributed by atoms with Gasteiger partial charge in [0.25, 0.3) is 0 Å². The fourth-order valence-electron chi connectivity index (χ4n) is 6.52. The second-order valence-electron chi connectivity index (χ2n) is 11.1. The van der Waals surface area contributed by atoms with Crippen molar-refractivity contribution >= 4 is 11.3 Å². The maximum absolute atomic E-state index is 13.5. The van der Waals surface area contributed by atoms with Crippen LogP contribution in [0.1, 0.15) is 97.9 Å². The molecule has 196 valence electrons. The Bertz CT molecular complexity index is 978. The number of thiophene rings is 1. The van der Waals surface area contributed by atoms with Crippen LogP contribution in [-0.2, 0) is 5.41 Å². The molecule has 0 bridgehead atoms. The van der Waals surface area contributed by atoms with Gasteiger partial charge in [0.15, 0.2) is 0 Å². The number of hydrogen-bond donors (Lipinski definition) is 0. The van der Waals surface area contributed by atoms with E-state index in [1.165, 1.54) is 107 Å². The molecule has 2 aliphatic rings. The highest BCUT2D eigenvalue weighted by atomic mass is 32.1. The number of halogens is 1. The van der Waals surface area contributed by atoms with E-state index >= 15 is 0 Å². The molecule has 1 saturated carbocycles. The van der Waals surface area contributed by atoms with E-state index in [0.29, 0.717) is 5.92 Å². The number of piperazine rings is 1. The third-order valence-electron chi connectivity index (χ3n) is 8.84. The molecule has 1 aromatic carbocycles. The summed E-state index contributed by atoms with van der Waals surface area (Å²) in [4.78, 5) is 7.86. The van der Waals surface area contributed by atoms with Crippen LogP contribution in [0.3, 0.4) is 0 Å². The molecule has 2 aromatic rings. The fourth-order valence-corrected chi connectivity index (χ4v) is 7.71. The number of nitriles is 1. The molecule has 1 unspecified atom stereocenters. The van der Waals surface area contributed by atoms with Gasteiger partial charge in [0, 0.05) is 35.9 Å². The van der Waals surface area contributed by atoms with E-state index in [1.54, 1.807) is 12.1 Å². The zero-order chi connectivity index (χ0) is 25.4. The quantitative estimate of drug-likeness (QED) is 0.312. The third kappa shape index (κ3) is 6.97. The van der Waals surface area contributed by atoms with Gasteiger partial charge in [0.05, 0.1) is 5.56 Å². The minimum Gasteiger partial charge on any atom is -0.301 e. The Labute approximate surface area is 222 Å². The summed E-state index contributed by atoms with van der Waals surface area (Å²) in [7, 11) is 0. The lowest BCUT2D eigenvalue weighted by molar-refractivity contribution is 0.124. The highest BCUT2D eigenvalue weighted by Gasteiger charge is 2.33. The van der Waals surface area contributed by atoms with E-state index in [2.05, 4.69) is 35.8 Å². The molecular weight excluding hydrogens is 465 g/mol. The normalized spacial score (nSPS) is 19.7. The zero-order valence-electron chi connectivity index (χ0n) is 22.4. The monoisotopic (exact) mass is 509 g/mol. The fraction of sp³-hybridized carbons (Fsp3) is 0.645. The molecule has 36 heavy (non-hydrogen) atoms. The summed E-state index contributed by atoms with van der Waals surface area (Å²) in [6, 6.07) is 11.9. The summed E-state index contributed by atoms with van der Waals surface area (Å²) in [6.45, 7) is 11.4. The van der Waals surface area contributed by atoms with Crippen molar-refractivity contribution in [3.8, 4) is 6.07 Å². The van der Waals surface area contributed by atoms with Crippen LogP contribution in [0.2, 0.25) is 0 Å².